The number of nitrogens with one attached hydrogen (secondary N) is 1. The first kappa shape index (κ1) is 16.0. The molecule has 3 rings (SSSR count). The average molecular weight is 327 g/mol. The second kappa shape index (κ2) is 5.98. The largest absolute Gasteiger partial charge is 0.433 e. The molecule has 2 aliphatic heterocycles. The van der Waals surface area contributed by atoms with Crippen LogP contribution >= 0.6 is 0 Å². The number of hydrogen-bond donors (Lipinski definition) is 1. The molecule has 2 atom stereocenters. The first-order valence-electron chi connectivity index (χ1n) is 7.38. The molecule has 0 unspecified atom stereocenters. The minimum absolute atomic E-state index is 0.0247. The average Bonchev–Trinajstić information content (AvgIpc) is 2.94. The third-order valence-corrected chi connectivity index (χ3v) is 4.21. The summed E-state index contributed by atoms with van der Waals surface area (Å²) in [5, 5.41) is 12.1. The van der Waals surface area contributed by atoms with Gasteiger partial charge in [0.2, 0.25) is 0 Å². The van der Waals surface area contributed by atoms with Crippen LogP contribution in [0.25, 0.3) is 0 Å². The Kier molecular flexibility index (Phi) is 4.17. The van der Waals surface area contributed by atoms with Crippen molar-refractivity contribution in [3.05, 3.63) is 23.4 Å². The van der Waals surface area contributed by atoms with Crippen LogP contribution in [0.15, 0.2) is 12.1 Å². The van der Waals surface area contributed by atoms with E-state index >= 15 is 0 Å². The molecule has 8 heteroatoms. The van der Waals surface area contributed by atoms with Gasteiger partial charge in [-0.1, -0.05) is 0 Å². The second-order valence-corrected chi connectivity index (χ2v) is 5.87. The van der Waals surface area contributed by atoms with Gasteiger partial charge >= 0.3 is 6.18 Å². The molecular formula is C15H16F3N3O2. The summed E-state index contributed by atoms with van der Waals surface area (Å²) in [6, 6.07) is 3.74. The number of anilines is 1. The second-order valence-electron chi connectivity index (χ2n) is 5.87. The van der Waals surface area contributed by atoms with Gasteiger partial charge < -0.3 is 14.8 Å². The minimum atomic E-state index is -4.54. The Hall–Kier alpha value is -1.85. The molecule has 1 spiro atoms. The number of alkyl halides is 3. The van der Waals surface area contributed by atoms with Crippen molar-refractivity contribution in [2.24, 2.45) is 0 Å². The van der Waals surface area contributed by atoms with Crippen molar-refractivity contribution in [2.75, 3.05) is 25.1 Å². The molecule has 2 fully saturated rings. The van der Waals surface area contributed by atoms with Crippen molar-refractivity contribution < 1.29 is 22.6 Å². The quantitative estimate of drug-likeness (QED) is 0.905. The highest BCUT2D eigenvalue weighted by Crippen LogP contribution is 2.35. The zero-order chi connectivity index (χ0) is 16.5. The fourth-order valence-corrected chi connectivity index (χ4v) is 3.02. The maximum Gasteiger partial charge on any atom is 0.433 e. The van der Waals surface area contributed by atoms with E-state index in [0.29, 0.717) is 32.7 Å². The summed E-state index contributed by atoms with van der Waals surface area (Å²) in [6.07, 6.45) is -2.51. The van der Waals surface area contributed by atoms with E-state index in [1.165, 1.54) is 0 Å². The van der Waals surface area contributed by atoms with Gasteiger partial charge in [0.15, 0.2) is 0 Å². The highest BCUT2D eigenvalue weighted by Gasteiger charge is 2.41. The number of aromatic nitrogens is 1. The van der Waals surface area contributed by atoms with Crippen LogP contribution in [-0.4, -0.2) is 36.4 Å². The number of nitriles is 1. The molecule has 0 aromatic carbocycles. The number of halogens is 3. The van der Waals surface area contributed by atoms with Crippen LogP contribution in [-0.2, 0) is 15.7 Å². The summed E-state index contributed by atoms with van der Waals surface area (Å²) < 4.78 is 49.6. The highest BCUT2D eigenvalue weighted by atomic mass is 19.4. The summed E-state index contributed by atoms with van der Waals surface area (Å²) in [4.78, 5) is 3.59. The number of rotatable bonds is 2. The Morgan fingerprint density at radius 2 is 2.17 bits per heavy atom. The first-order valence-corrected chi connectivity index (χ1v) is 7.38. The van der Waals surface area contributed by atoms with E-state index in [1.54, 1.807) is 0 Å². The molecule has 1 aromatic rings. The SMILES string of the molecule is N#Cc1ccc(C(F)(F)F)nc1N[C@H]1CCO[C@@]2(CCOC2)C1. The topological polar surface area (TPSA) is 67.2 Å². The molecule has 1 aromatic heterocycles. The number of pyridine rings is 1. The van der Waals surface area contributed by atoms with E-state index in [4.69, 9.17) is 14.7 Å². The molecule has 124 valence electrons. The predicted octanol–water partition coefficient (Wildman–Crippen LogP) is 2.72. The zero-order valence-corrected chi connectivity index (χ0v) is 12.3. The third-order valence-electron chi connectivity index (χ3n) is 4.21. The fourth-order valence-electron chi connectivity index (χ4n) is 3.02. The van der Waals surface area contributed by atoms with E-state index in [1.807, 2.05) is 6.07 Å². The molecule has 23 heavy (non-hydrogen) atoms. The molecule has 0 amide bonds. The number of ether oxygens (including phenoxy) is 2. The van der Waals surface area contributed by atoms with Crippen LogP contribution in [0, 0.1) is 11.3 Å². The summed E-state index contributed by atoms with van der Waals surface area (Å²) in [5.74, 6) is -0.0247. The maximum absolute atomic E-state index is 12.8. The van der Waals surface area contributed by atoms with E-state index < -0.39 is 11.9 Å². The Bertz CT molecular complexity index is 621. The highest BCUT2D eigenvalue weighted by molar-refractivity contribution is 5.53. The van der Waals surface area contributed by atoms with Gasteiger partial charge in [0.05, 0.1) is 17.8 Å². The molecule has 3 heterocycles. The van der Waals surface area contributed by atoms with E-state index in [2.05, 4.69) is 10.3 Å². The van der Waals surface area contributed by atoms with Crippen molar-refractivity contribution in [3.8, 4) is 6.07 Å². The van der Waals surface area contributed by atoms with E-state index in [-0.39, 0.29) is 23.0 Å². The van der Waals surface area contributed by atoms with Gasteiger partial charge in [0.1, 0.15) is 17.6 Å². The summed E-state index contributed by atoms with van der Waals surface area (Å²) >= 11 is 0. The van der Waals surface area contributed by atoms with Crippen molar-refractivity contribution in [2.45, 2.75) is 37.1 Å². The summed E-state index contributed by atoms with van der Waals surface area (Å²) in [6.45, 7) is 1.62. The molecule has 5 nitrogen and oxygen atoms in total. The first-order chi connectivity index (χ1) is 10.9. The Balaban J connectivity index is 1.80. The maximum atomic E-state index is 12.8. The van der Waals surface area contributed by atoms with E-state index in [9.17, 15) is 13.2 Å². The molecule has 0 radical (unpaired) electrons. The lowest BCUT2D eigenvalue weighted by atomic mass is 9.89. The monoisotopic (exact) mass is 327 g/mol. The lowest BCUT2D eigenvalue weighted by molar-refractivity contribution is -0.141. The van der Waals surface area contributed by atoms with Gasteiger partial charge in [-0.2, -0.15) is 18.4 Å². The van der Waals surface area contributed by atoms with Crippen molar-refractivity contribution in [3.63, 3.8) is 0 Å². The molecule has 0 saturated carbocycles. The van der Waals surface area contributed by atoms with Gasteiger partial charge in [-0.25, -0.2) is 4.98 Å². The van der Waals surface area contributed by atoms with Gasteiger partial charge in [0, 0.05) is 25.7 Å². The Labute approximate surface area is 131 Å². The van der Waals surface area contributed by atoms with Crippen LogP contribution in [0.2, 0.25) is 0 Å². The van der Waals surface area contributed by atoms with Crippen LogP contribution < -0.4 is 5.32 Å². The molecule has 2 saturated heterocycles. The summed E-state index contributed by atoms with van der Waals surface area (Å²) in [7, 11) is 0. The molecule has 2 aliphatic rings. The molecular weight excluding hydrogens is 311 g/mol. The fraction of sp³-hybridized carbons (Fsp3) is 0.600. The Morgan fingerprint density at radius 1 is 1.35 bits per heavy atom. The zero-order valence-electron chi connectivity index (χ0n) is 12.3. The van der Waals surface area contributed by atoms with Crippen molar-refractivity contribution >= 4 is 5.82 Å². The van der Waals surface area contributed by atoms with Gasteiger partial charge in [-0.05, 0) is 25.0 Å². The van der Waals surface area contributed by atoms with Crippen LogP contribution in [0.4, 0.5) is 19.0 Å². The van der Waals surface area contributed by atoms with Crippen LogP contribution in [0.5, 0.6) is 0 Å². The molecule has 1 N–H and O–H groups in total. The van der Waals surface area contributed by atoms with Crippen LogP contribution in [0.1, 0.15) is 30.5 Å². The van der Waals surface area contributed by atoms with Crippen LogP contribution in [0.3, 0.4) is 0 Å². The van der Waals surface area contributed by atoms with Gasteiger partial charge in [0.25, 0.3) is 0 Å². The molecule has 0 bridgehead atoms. The number of nitrogens with zero attached hydrogens (tertiary/aromatic N) is 2. The molecule has 0 aliphatic carbocycles. The standard InChI is InChI=1S/C15H16F3N3O2/c16-15(17,18)12-2-1-10(8-19)13(21-12)20-11-3-5-23-14(7-11)4-6-22-9-14/h1-2,11H,3-7,9H2,(H,20,21)/t11-,14-/m0/s1. The predicted molar refractivity (Wildman–Crippen MR) is 74.7 cm³/mol. The minimum Gasteiger partial charge on any atom is -0.378 e. The lowest BCUT2D eigenvalue weighted by Gasteiger charge is -2.37. The smallest absolute Gasteiger partial charge is 0.378 e. The van der Waals surface area contributed by atoms with E-state index in [0.717, 1.165) is 18.6 Å². The normalized spacial score (nSPS) is 27.8. The van der Waals surface area contributed by atoms with Gasteiger partial charge in [-0.15, -0.1) is 0 Å². The third kappa shape index (κ3) is 3.41. The summed E-state index contributed by atoms with van der Waals surface area (Å²) in [5.41, 5.74) is -1.28. The Morgan fingerprint density at radius 3 is 2.83 bits per heavy atom. The lowest BCUT2D eigenvalue weighted by Crippen LogP contribution is -2.45. The van der Waals surface area contributed by atoms with Crippen molar-refractivity contribution in [1.29, 1.82) is 5.26 Å². The van der Waals surface area contributed by atoms with Crippen molar-refractivity contribution in [1.82, 2.24) is 4.98 Å². The number of hydrogen-bond acceptors (Lipinski definition) is 5. The van der Waals surface area contributed by atoms with Gasteiger partial charge in [-0.3, -0.25) is 0 Å².